The first-order chi connectivity index (χ1) is 8.88. The Kier molecular flexibility index (Phi) is 8.36. The zero-order valence-electron chi connectivity index (χ0n) is 11.4. The van der Waals surface area contributed by atoms with Gasteiger partial charge in [0.2, 0.25) is 0 Å². The van der Waals surface area contributed by atoms with Crippen molar-refractivity contribution >= 4 is 24.4 Å². The van der Waals surface area contributed by atoms with Crippen LogP contribution >= 0.6 is 24.4 Å². The number of hydrogen-bond acceptors (Lipinski definition) is 2. The second kappa shape index (κ2) is 9.57. The van der Waals surface area contributed by atoms with Gasteiger partial charge in [0.25, 0.3) is 0 Å². The van der Waals surface area contributed by atoms with Crippen LogP contribution < -0.4 is 0 Å². The third kappa shape index (κ3) is 5.11. The van der Waals surface area contributed by atoms with E-state index in [0.717, 1.165) is 6.42 Å². The molecule has 0 radical (unpaired) electrons. The van der Waals surface area contributed by atoms with Crippen molar-refractivity contribution in [1.29, 1.82) is 0 Å². The summed E-state index contributed by atoms with van der Waals surface area (Å²) in [5.41, 5.74) is 1.39. The van der Waals surface area contributed by atoms with Gasteiger partial charge in [-0.1, -0.05) is 50.3 Å². The molecule has 18 heavy (non-hydrogen) atoms. The highest BCUT2D eigenvalue weighted by Gasteiger charge is 2.16. The third-order valence-corrected chi connectivity index (χ3v) is 4.55. The number of hydrogen-bond donors (Lipinski definition) is 1. The van der Waals surface area contributed by atoms with Crippen molar-refractivity contribution in [3.63, 3.8) is 0 Å². The van der Waals surface area contributed by atoms with Crippen LogP contribution in [-0.4, -0.2) is 11.5 Å². The van der Waals surface area contributed by atoms with Crippen molar-refractivity contribution in [3.8, 4) is 0 Å². The average Bonchev–Trinajstić information content (AvgIpc) is 3.01. The molecule has 2 heteroatoms. The van der Waals surface area contributed by atoms with Gasteiger partial charge in [-0.05, 0) is 41.2 Å². The van der Waals surface area contributed by atoms with Gasteiger partial charge in [-0.2, -0.15) is 11.8 Å². The van der Waals surface area contributed by atoms with Crippen molar-refractivity contribution in [1.82, 2.24) is 0 Å². The van der Waals surface area contributed by atoms with Crippen LogP contribution in [-0.2, 0) is 0 Å². The fourth-order valence-corrected chi connectivity index (χ4v) is 3.35. The molecule has 3 rings (SSSR count). The zero-order valence-corrected chi connectivity index (χ0v) is 13.1. The normalized spacial score (nSPS) is 23.8. The van der Waals surface area contributed by atoms with Crippen LogP contribution in [0.4, 0.5) is 0 Å². The largest absolute Gasteiger partial charge is 0.162 e. The molecular formula is C16H24S2. The maximum absolute atomic E-state index is 4.42. The fourth-order valence-electron chi connectivity index (χ4n) is 1.99. The number of thioether (sulfide) groups is 1. The van der Waals surface area contributed by atoms with Crippen LogP contribution in [0, 0.1) is 5.92 Å². The Balaban J connectivity index is 0.000000195. The average molecular weight is 281 g/mol. The van der Waals surface area contributed by atoms with E-state index in [1.807, 2.05) is 13.8 Å². The van der Waals surface area contributed by atoms with Gasteiger partial charge in [0.1, 0.15) is 0 Å². The lowest BCUT2D eigenvalue weighted by Gasteiger charge is -2.21. The Hall–Kier alpha value is -0.340. The van der Waals surface area contributed by atoms with Crippen LogP contribution in [0.15, 0.2) is 46.9 Å². The van der Waals surface area contributed by atoms with Crippen molar-refractivity contribution in [3.05, 3.63) is 46.9 Å². The highest BCUT2D eigenvalue weighted by molar-refractivity contribution is 7.99. The molecule has 0 aromatic carbocycles. The Morgan fingerprint density at radius 2 is 1.83 bits per heavy atom. The molecule has 3 aliphatic rings. The van der Waals surface area contributed by atoms with E-state index in [-0.39, 0.29) is 0 Å². The van der Waals surface area contributed by atoms with Gasteiger partial charge in [0.05, 0.1) is 0 Å². The van der Waals surface area contributed by atoms with E-state index in [1.165, 1.54) is 34.8 Å². The van der Waals surface area contributed by atoms with Crippen LogP contribution in [0.3, 0.4) is 0 Å². The van der Waals surface area contributed by atoms with Gasteiger partial charge in [-0.25, -0.2) is 0 Å². The molecule has 2 aliphatic carbocycles. The fraction of sp³-hybridized carbons (Fsp3) is 0.500. The topological polar surface area (TPSA) is 0 Å². The molecule has 0 nitrogen and oxygen atoms in total. The molecule has 1 atom stereocenters. The van der Waals surface area contributed by atoms with Gasteiger partial charge in [-0.3, -0.25) is 0 Å². The van der Waals surface area contributed by atoms with Crippen molar-refractivity contribution in [2.75, 3.05) is 11.5 Å². The molecule has 0 amide bonds. The van der Waals surface area contributed by atoms with E-state index in [2.05, 4.69) is 60.8 Å². The van der Waals surface area contributed by atoms with E-state index in [1.54, 1.807) is 0 Å². The van der Waals surface area contributed by atoms with Crippen molar-refractivity contribution < 1.29 is 0 Å². The van der Waals surface area contributed by atoms with Crippen LogP contribution in [0.5, 0.6) is 0 Å². The molecule has 1 fully saturated rings. The summed E-state index contributed by atoms with van der Waals surface area (Å²) in [6.07, 6.45) is 16.8. The molecule has 0 bridgehead atoms. The summed E-state index contributed by atoms with van der Waals surface area (Å²) in [6.45, 7) is 4.00. The lowest BCUT2D eigenvalue weighted by molar-refractivity contribution is 0.768. The van der Waals surface area contributed by atoms with Crippen molar-refractivity contribution in [2.45, 2.75) is 33.1 Å². The van der Waals surface area contributed by atoms with Crippen LogP contribution in [0.25, 0.3) is 0 Å². The Morgan fingerprint density at radius 3 is 2.39 bits per heavy atom. The second-order valence-electron chi connectivity index (χ2n) is 4.15. The minimum absolute atomic E-state index is 0.535. The highest BCUT2D eigenvalue weighted by Crippen LogP contribution is 2.33. The molecule has 1 heterocycles. The quantitative estimate of drug-likeness (QED) is 0.579. The summed E-state index contributed by atoms with van der Waals surface area (Å²) in [7, 11) is 0. The van der Waals surface area contributed by atoms with E-state index in [4.69, 9.17) is 0 Å². The maximum atomic E-state index is 4.42. The predicted molar refractivity (Wildman–Crippen MR) is 89.4 cm³/mol. The van der Waals surface area contributed by atoms with Gasteiger partial charge in [-0.15, -0.1) is 12.6 Å². The van der Waals surface area contributed by atoms with E-state index >= 15 is 0 Å². The predicted octanol–water partition coefficient (Wildman–Crippen LogP) is 5.41. The van der Waals surface area contributed by atoms with E-state index < -0.39 is 0 Å². The monoisotopic (exact) mass is 280 g/mol. The molecule has 100 valence electrons. The summed E-state index contributed by atoms with van der Waals surface area (Å²) in [6, 6.07) is 0. The van der Waals surface area contributed by atoms with Gasteiger partial charge < -0.3 is 0 Å². The SMILES string of the molecule is C1CCSC1.CC.SC1=CC=CC2=CC=CCC12. The number of thiol groups is 1. The molecule has 1 aliphatic heterocycles. The van der Waals surface area contributed by atoms with Gasteiger partial charge in [0.15, 0.2) is 0 Å². The van der Waals surface area contributed by atoms with Gasteiger partial charge in [0, 0.05) is 5.92 Å². The molecule has 0 N–H and O–H groups in total. The first-order valence-electron chi connectivity index (χ1n) is 6.89. The molecule has 0 aromatic heterocycles. The summed E-state index contributed by atoms with van der Waals surface area (Å²) >= 11 is 6.49. The smallest absolute Gasteiger partial charge is 0.0181 e. The molecule has 1 saturated heterocycles. The Labute approximate surface area is 122 Å². The summed E-state index contributed by atoms with van der Waals surface area (Å²) in [5.74, 6) is 3.37. The van der Waals surface area contributed by atoms with Crippen LogP contribution in [0.1, 0.15) is 33.1 Å². The Bertz CT molecular complexity index is 336. The zero-order chi connectivity index (χ0) is 13.2. The molecule has 1 unspecified atom stereocenters. The lowest BCUT2D eigenvalue weighted by atomic mass is 9.88. The minimum Gasteiger partial charge on any atom is -0.162 e. The van der Waals surface area contributed by atoms with Gasteiger partial charge >= 0.3 is 0 Å². The minimum atomic E-state index is 0.535. The molecular weight excluding hydrogens is 256 g/mol. The number of fused-ring (bicyclic) bond motifs is 1. The summed E-state index contributed by atoms with van der Waals surface area (Å²) in [5, 5.41) is 0. The second-order valence-corrected chi connectivity index (χ2v) is 5.89. The lowest BCUT2D eigenvalue weighted by Crippen LogP contribution is -2.06. The molecule has 0 saturated carbocycles. The number of rotatable bonds is 0. The van der Waals surface area contributed by atoms with E-state index in [9.17, 15) is 0 Å². The third-order valence-electron chi connectivity index (χ3n) is 2.94. The summed E-state index contributed by atoms with van der Waals surface area (Å²) in [4.78, 5) is 1.18. The maximum Gasteiger partial charge on any atom is 0.0181 e. The van der Waals surface area contributed by atoms with Crippen LogP contribution in [0.2, 0.25) is 0 Å². The summed E-state index contributed by atoms with van der Waals surface area (Å²) < 4.78 is 0. The standard InChI is InChI=1S/C10H10S.C4H8S.C2H6/c11-10-7-3-5-8-4-1-2-6-9(8)10;1-2-4-5-3-1;1-2/h1-5,7,9,11H,6H2;1-4H2;1-2H3. The van der Waals surface area contributed by atoms with E-state index in [0.29, 0.717) is 5.92 Å². The first kappa shape index (κ1) is 15.7. The number of allylic oxidation sites excluding steroid dienone is 8. The molecule has 0 spiro atoms. The molecule has 0 aromatic rings. The first-order valence-corrected chi connectivity index (χ1v) is 8.50. The Morgan fingerprint density at radius 1 is 1.11 bits per heavy atom. The highest BCUT2D eigenvalue weighted by atomic mass is 32.2. The van der Waals surface area contributed by atoms with Crippen molar-refractivity contribution in [2.24, 2.45) is 5.92 Å².